The fourth-order valence-corrected chi connectivity index (χ4v) is 2.10. The number of carbonyl (C=O) groups is 2. The highest BCUT2D eigenvalue weighted by atomic mass is 16.6. The number of unbranched alkanes of at least 4 members (excludes halogenated alkanes) is 1. The van der Waals surface area contributed by atoms with Gasteiger partial charge in [0.05, 0.1) is 25.0 Å². The van der Waals surface area contributed by atoms with Crippen LogP contribution in [0.25, 0.3) is 0 Å². The van der Waals surface area contributed by atoms with Crippen LogP contribution in [0.5, 0.6) is 0 Å². The molecule has 0 saturated carbocycles. The second-order valence-electron chi connectivity index (χ2n) is 4.36. The smallest absolute Gasteiger partial charge is 0.416 e. The number of nitrogens with zero attached hydrogens (tertiary/aromatic N) is 1. The SMILES string of the molecule is CCCCC(C(=O)N1CCOC1=O)c1ccoc1. The predicted molar refractivity (Wildman–Crippen MR) is 64.0 cm³/mol. The lowest BCUT2D eigenvalue weighted by Gasteiger charge is -2.19. The van der Waals surface area contributed by atoms with Gasteiger partial charge in [-0.2, -0.15) is 0 Å². The van der Waals surface area contributed by atoms with Crippen LogP contribution in [-0.4, -0.2) is 30.1 Å². The number of cyclic esters (lactones) is 1. The Hall–Kier alpha value is -1.78. The van der Waals surface area contributed by atoms with Gasteiger partial charge in [-0.3, -0.25) is 4.79 Å². The summed E-state index contributed by atoms with van der Waals surface area (Å²) in [7, 11) is 0. The van der Waals surface area contributed by atoms with Gasteiger partial charge in [0.1, 0.15) is 6.61 Å². The van der Waals surface area contributed by atoms with E-state index in [-0.39, 0.29) is 18.4 Å². The maximum Gasteiger partial charge on any atom is 0.416 e. The van der Waals surface area contributed by atoms with Crippen molar-refractivity contribution in [2.45, 2.75) is 32.1 Å². The van der Waals surface area contributed by atoms with Crippen LogP contribution in [0.15, 0.2) is 23.0 Å². The average Bonchev–Trinajstić information content (AvgIpc) is 3.00. The molecule has 2 rings (SSSR count). The first-order chi connectivity index (χ1) is 8.74. The average molecular weight is 251 g/mol. The minimum Gasteiger partial charge on any atom is -0.472 e. The Morgan fingerprint density at radius 1 is 1.56 bits per heavy atom. The first-order valence-corrected chi connectivity index (χ1v) is 6.24. The Balaban J connectivity index is 2.13. The molecule has 1 atom stereocenters. The zero-order valence-electron chi connectivity index (χ0n) is 10.4. The molecule has 1 aliphatic heterocycles. The van der Waals surface area contributed by atoms with Gasteiger partial charge in [0, 0.05) is 5.56 Å². The lowest BCUT2D eigenvalue weighted by atomic mass is 9.94. The molecular weight excluding hydrogens is 234 g/mol. The molecule has 2 heterocycles. The molecule has 1 aliphatic rings. The largest absolute Gasteiger partial charge is 0.472 e. The third-order valence-corrected chi connectivity index (χ3v) is 3.12. The lowest BCUT2D eigenvalue weighted by Crippen LogP contribution is -2.35. The highest BCUT2D eigenvalue weighted by Crippen LogP contribution is 2.26. The fraction of sp³-hybridized carbons (Fsp3) is 0.538. The number of furan rings is 1. The maximum atomic E-state index is 12.3. The van der Waals surface area contributed by atoms with E-state index in [9.17, 15) is 9.59 Å². The minimum atomic E-state index is -0.537. The standard InChI is InChI=1S/C13H17NO4/c1-2-3-4-11(10-5-7-17-9-10)12(15)14-6-8-18-13(14)16/h5,7,9,11H,2-4,6,8H2,1H3. The van der Waals surface area contributed by atoms with Crippen LogP contribution in [0.2, 0.25) is 0 Å². The van der Waals surface area contributed by atoms with Gasteiger partial charge in [-0.05, 0) is 12.5 Å². The van der Waals surface area contributed by atoms with Gasteiger partial charge in [-0.25, -0.2) is 9.69 Å². The summed E-state index contributed by atoms with van der Waals surface area (Å²) >= 11 is 0. The summed E-state index contributed by atoms with van der Waals surface area (Å²) in [6.45, 7) is 2.70. The monoisotopic (exact) mass is 251 g/mol. The Bertz CT molecular complexity index is 413. The minimum absolute atomic E-state index is 0.188. The van der Waals surface area contributed by atoms with Crippen molar-refractivity contribution in [1.82, 2.24) is 4.90 Å². The van der Waals surface area contributed by atoms with Crippen molar-refractivity contribution in [3.63, 3.8) is 0 Å². The van der Waals surface area contributed by atoms with Crippen LogP contribution in [0.4, 0.5) is 4.79 Å². The fourth-order valence-electron chi connectivity index (χ4n) is 2.10. The molecule has 1 fully saturated rings. The molecule has 0 N–H and O–H groups in total. The Labute approximate surface area is 106 Å². The molecule has 5 heteroatoms. The Morgan fingerprint density at radius 3 is 2.94 bits per heavy atom. The first-order valence-electron chi connectivity index (χ1n) is 6.24. The Kier molecular flexibility index (Phi) is 4.02. The van der Waals surface area contributed by atoms with Crippen LogP contribution in [0.1, 0.15) is 37.7 Å². The van der Waals surface area contributed by atoms with Crippen molar-refractivity contribution in [3.05, 3.63) is 24.2 Å². The lowest BCUT2D eigenvalue weighted by molar-refractivity contribution is -0.129. The van der Waals surface area contributed by atoms with E-state index in [1.54, 1.807) is 18.6 Å². The van der Waals surface area contributed by atoms with E-state index in [1.165, 1.54) is 4.90 Å². The third kappa shape index (κ3) is 2.55. The van der Waals surface area contributed by atoms with Crippen molar-refractivity contribution in [2.24, 2.45) is 0 Å². The molecule has 18 heavy (non-hydrogen) atoms. The zero-order chi connectivity index (χ0) is 13.0. The number of rotatable bonds is 5. The number of amides is 2. The zero-order valence-corrected chi connectivity index (χ0v) is 10.4. The molecular formula is C13H17NO4. The molecule has 0 radical (unpaired) electrons. The highest BCUT2D eigenvalue weighted by molar-refractivity contribution is 5.96. The molecule has 0 spiro atoms. The molecule has 1 aromatic heterocycles. The van der Waals surface area contributed by atoms with E-state index < -0.39 is 6.09 Å². The molecule has 2 amide bonds. The maximum absolute atomic E-state index is 12.3. The van der Waals surface area contributed by atoms with Gasteiger partial charge in [0.2, 0.25) is 5.91 Å². The molecule has 1 saturated heterocycles. The molecule has 1 aromatic rings. The normalized spacial score (nSPS) is 16.7. The summed E-state index contributed by atoms with van der Waals surface area (Å²) in [6, 6.07) is 1.78. The van der Waals surface area contributed by atoms with Crippen molar-refractivity contribution in [3.8, 4) is 0 Å². The number of ether oxygens (including phenoxy) is 1. The number of imide groups is 1. The van der Waals surface area contributed by atoms with E-state index in [1.807, 2.05) is 0 Å². The van der Waals surface area contributed by atoms with E-state index in [2.05, 4.69) is 6.92 Å². The number of carbonyl (C=O) groups excluding carboxylic acids is 2. The number of hydrogen-bond donors (Lipinski definition) is 0. The van der Waals surface area contributed by atoms with Crippen molar-refractivity contribution >= 4 is 12.0 Å². The van der Waals surface area contributed by atoms with E-state index >= 15 is 0 Å². The number of hydrogen-bond acceptors (Lipinski definition) is 4. The van der Waals surface area contributed by atoms with Gasteiger partial charge < -0.3 is 9.15 Å². The quantitative estimate of drug-likeness (QED) is 0.806. The predicted octanol–water partition coefficient (Wildman–Crippen LogP) is 2.53. The molecule has 5 nitrogen and oxygen atoms in total. The van der Waals surface area contributed by atoms with Crippen molar-refractivity contribution < 1.29 is 18.7 Å². The molecule has 0 aromatic carbocycles. The van der Waals surface area contributed by atoms with Crippen LogP contribution in [0.3, 0.4) is 0 Å². The van der Waals surface area contributed by atoms with Crippen LogP contribution >= 0.6 is 0 Å². The van der Waals surface area contributed by atoms with Gasteiger partial charge in [-0.15, -0.1) is 0 Å². The van der Waals surface area contributed by atoms with E-state index in [0.29, 0.717) is 6.54 Å². The van der Waals surface area contributed by atoms with Gasteiger partial charge in [0.25, 0.3) is 0 Å². The van der Waals surface area contributed by atoms with E-state index in [0.717, 1.165) is 24.8 Å². The van der Waals surface area contributed by atoms with Crippen LogP contribution in [0, 0.1) is 0 Å². The summed E-state index contributed by atoms with van der Waals surface area (Å²) in [5.74, 6) is -0.498. The summed E-state index contributed by atoms with van der Waals surface area (Å²) in [6.07, 6.45) is 5.24. The molecule has 0 aliphatic carbocycles. The van der Waals surface area contributed by atoms with Gasteiger partial charge in [0.15, 0.2) is 0 Å². The van der Waals surface area contributed by atoms with Gasteiger partial charge in [-0.1, -0.05) is 19.8 Å². The van der Waals surface area contributed by atoms with Crippen LogP contribution in [-0.2, 0) is 9.53 Å². The molecule has 98 valence electrons. The second kappa shape index (κ2) is 5.71. The molecule has 1 unspecified atom stereocenters. The second-order valence-corrected chi connectivity index (χ2v) is 4.36. The third-order valence-electron chi connectivity index (χ3n) is 3.12. The van der Waals surface area contributed by atoms with Crippen LogP contribution < -0.4 is 0 Å². The molecule has 0 bridgehead atoms. The van der Waals surface area contributed by atoms with Crippen molar-refractivity contribution in [2.75, 3.05) is 13.2 Å². The topological polar surface area (TPSA) is 59.8 Å². The summed E-state index contributed by atoms with van der Waals surface area (Å²) in [5, 5.41) is 0. The van der Waals surface area contributed by atoms with Crippen molar-refractivity contribution in [1.29, 1.82) is 0 Å². The van der Waals surface area contributed by atoms with Gasteiger partial charge >= 0.3 is 6.09 Å². The first kappa shape index (κ1) is 12.7. The Morgan fingerprint density at radius 2 is 2.39 bits per heavy atom. The summed E-state index contributed by atoms with van der Waals surface area (Å²) in [5.41, 5.74) is 0.827. The highest BCUT2D eigenvalue weighted by Gasteiger charge is 2.34. The summed E-state index contributed by atoms with van der Waals surface area (Å²) < 4.78 is 9.83. The van der Waals surface area contributed by atoms with E-state index in [4.69, 9.17) is 9.15 Å². The summed E-state index contributed by atoms with van der Waals surface area (Å²) in [4.78, 5) is 25.0.